The van der Waals surface area contributed by atoms with Gasteiger partial charge in [0.2, 0.25) is 0 Å². The van der Waals surface area contributed by atoms with Crippen LogP contribution in [0.25, 0.3) is 10.8 Å². The highest BCUT2D eigenvalue weighted by molar-refractivity contribution is 6.06. The van der Waals surface area contributed by atoms with Crippen molar-refractivity contribution in [1.29, 1.82) is 0 Å². The number of hydrogen-bond donors (Lipinski definition) is 0. The Hall–Kier alpha value is -1.83. The SMILES string of the molecule is CC[N]C(=O)c1cccc2ccccc12. The van der Waals surface area contributed by atoms with Gasteiger partial charge in [-0.15, -0.1) is 0 Å². The average Bonchev–Trinajstić information content (AvgIpc) is 2.28. The predicted octanol–water partition coefficient (Wildman–Crippen LogP) is 2.60. The molecular formula is C13H12NO. The summed E-state index contributed by atoms with van der Waals surface area (Å²) in [6, 6.07) is 13.6. The largest absolute Gasteiger partial charge is 0.273 e. The van der Waals surface area contributed by atoms with E-state index in [-0.39, 0.29) is 5.91 Å². The molecule has 0 fully saturated rings. The topological polar surface area (TPSA) is 31.2 Å². The fourth-order valence-corrected chi connectivity index (χ4v) is 1.64. The molecule has 0 spiro atoms. The Morgan fingerprint density at radius 1 is 1.13 bits per heavy atom. The zero-order valence-corrected chi connectivity index (χ0v) is 8.60. The first-order chi connectivity index (χ1) is 7.33. The zero-order valence-electron chi connectivity index (χ0n) is 8.60. The van der Waals surface area contributed by atoms with Crippen LogP contribution in [0.1, 0.15) is 17.3 Å². The molecular weight excluding hydrogens is 186 g/mol. The quantitative estimate of drug-likeness (QED) is 0.729. The van der Waals surface area contributed by atoms with E-state index in [4.69, 9.17) is 0 Å². The van der Waals surface area contributed by atoms with Gasteiger partial charge in [-0.1, -0.05) is 36.4 Å². The Morgan fingerprint density at radius 2 is 1.87 bits per heavy atom. The second-order valence-corrected chi connectivity index (χ2v) is 3.31. The van der Waals surface area contributed by atoms with Crippen LogP contribution in [0, 0.1) is 0 Å². The molecule has 0 bridgehead atoms. The minimum atomic E-state index is -0.130. The first kappa shape index (κ1) is 9.71. The van der Waals surface area contributed by atoms with Crippen molar-refractivity contribution in [2.75, 3.05) is 6.54 Å². The molecule has 0 aliphatic carbocycles. The lowest BCUT2D eigenvalue weighted by Crippen LogP contribution is -2.15. The predicted molar refractivity (Wildman–Crippen MR) is 61.0 cm³/mol. The van der Waals surface area contributed by atoms with Crippen LogP contribution in [0.3, 0.4) is 0 Å². The molecule has 75 valence electrons. The van der Waals surface area contributed by atoms with Crippen LogP contribution in [0.4, 0.5) is 0 Å². The molecule has 2 nitrogen and oxygen atoms in total. The van der Waals surface area contributed by atoms with E-state index in [1.54, 1.807) is 0 Å². The average molecular weight is 198 g/mol. The van der Waals surface area contributed by atoms with Crippen molar-refractivity contribution in [3.8, 4) is 0 Å². The van der Waals surface area contributed by atoms with Gasteiger partial charge >= 0.3 is 0 Å². The summed E-state index contributed by atoms with van der Waals surface area (Å²) in [5.74, 6) is -0.130. The summed E-state index contributed by atoms with van der Waals surface area (Å²) in [5, 5.41) is 5.96. The maximum absolute atomic E-state index is 11.7. The van der Waals surface area contributed by atoms with Gasteiger partial charge in [0.1, 0.15) is 0 Å². The Labute approximate surface area is 88.9 Å². The van der Waals surface area contributed by atoms with Crippen LogP contribution in [0.15, 0.2) is 42.5 Å². The first-order valence-corrected chi connectivity index (χ1v) is 5.02. The third-order valence-electron chi connectivity index (χ3n) is 2.32. The van der Waals surface area contributed by atoms with E-state index < -0.39 is 0 Å². The molecule has 2 aromatic rings. The van der Waals surface area contributed by atoms with Crippen LogP contribution in [-0.2, 0) is 0 Å². The van der Waals surface area contributed by atoms with Gasteiger partial charge in [0.05, 0.1) is 0 Å². The molecule has 15 heavy (non-hydrogen) atoms. The Kier molecular flexibility index (Phi) is 2.68. The number of fused-ring (bicyclic) bond motifs is 1. The van der Waals surface area contributed by atoms with E-state index in [1.165, 1.54) is 0 Å². The van der Waals surface area contributed by atoms with Crippen molar-refractivity contribution in [1.82, 2.24) is 5.32 Å². The van der Waals surface area contributed by atoms with E-state index in [9.17, 15) is 4.79 Å². The van der Waals surface area contributed by atoms with Gasteiger partial charge in [-0.25, -0.2) is 5.32 Å². The Balaban J connectivity index is 2.56. The Bertz CT molecular complexity index is 485. The fourth-order valence-electron chi connectivity index (χ4n) is 1.64. The molecule has 0 heterocycles. The molecule has 0 saturated heterocycles. The lowest BCUT2D eigenvalue weighted by atomic mass is 10.0. The van der Waals surface area contributed by atoms with Gasteiger partial charge in [-0.2, -0.15) is 0 Å². The number of carbonyl (C=O) groups excluding carboxylic acids is 1. The smallest absolute Gasteiger partial charge is 0.267 e. The van der Waals surface area contributed by atoms with E-state index in [0.717, 1.165) is 10.8 Å². The van der Waals surface area contributed by atoms with Crippen molar-refractivity contribution in [2.24, 2.45) is 0 Å². The first-order valence-electron chi connectivity index (χ1n) is 5.02. The van der Waals surface area contributed by atoms with E-state index in [0.29, 0.717) is 12.1 Å². The highest BCUT2D eigenvalue weighted by Gasteiger charge is 2.08. The van der Waals surface area contributed by atoms with Crippen LogP contribution in [-0.4, -0.2) is 12.5 Å². The van der Waals surface area contributed by atoms with Crippen molar-refractivity contribution in [2.45, 2.75) is 6.92 Å². The van der Waals surface area contributed by atoms with Crippen molar-refractivity contribution in [3.63, 3.8) is 0 Å². The molecule has 1 amide bonds. The normalized spacial score (nSPS) is 10.2. The lowest BCUT2D eigenvalue weighted by molar-refractivity contribution is 0.0953. The summed E-state index contributed by atoms with van der Waals surface area (Å²) < 4.78 is 0. The molecule has 0 aliphatic rings. The van der Waals surface area contributed by atoms with Crippen LogP contribution >= 0.6 is 0 Å². The fraction of sp³-hybridized carbons (Fsp3) is 0.154. The van der Waals surface area contributed by atoms with E-state index >= 15 is 0 Å². The van der Waals surface area contributed by atoms with Crippen LogP contribution in [0.5, 0.6) is 0 Å². The van der Waals surface area contributed by atoms with Crippen molar-refractivity contribution < 1.29 is 4.79 Å². The van der Waals surface area contributed by atoms with Gasteiger partial charge in [-0.05, 0) is 23.8 Å². The van der Waals surface area contributed by atoms with Crippen molar-refractivity contribution in [3.05, 3.63) is 48.0 Å². The summed E-state index contributed by atoms with van der Waals surface area (Å²) >= 11 is 0. The zero-order chi connectivity index (χ0) is 10.7. The van der Waals surface area contributed by atoms with Gasteiger partial charge in [0.25, 0.3) is 5.91 Å². The van der Waals surface area contributed by atoms with Crippen LogP contribution < -0.4 is 5.32 Å². The van der Waals surface area contributed by atoms with Gasteiger partial charge in [0.15, 0.2) is 0 Å². The molecule has 0 N–H and O–H groups in total. The Morgan fingerprint density at radius 3 is 2.67 bits per heavy atom. The molecule has 1 radical (unpaired) electrons. The third-order valence-corrected chi connectivity index (χ3v) is 2.32. The van der Waals surface area contributed by atoms with E-state index in [1.807, 2.05) is 49.4 Å². The number of rotatable bonds is 2. The summed E-state index contributed by atoms with van der Waals surface area (Å²) in [5.41, 5.74) is 0.690. The van der Waals surface area contributed by atoms with Crippen LogP contribution in [0.2, 0.25) is 0 Å². The third kappa shape index (κ3) is 1.84. The number of benzene rings is 2. The standard InChI is InChI=1S/C13H12NO/c1-2-14-13(15)12-9-5-7-10-6-3-4-8-11(10)12/h3-9H,2H2,1H3. The summed E-state index contributed by atoms with van der Waals surface area (Å²) in [7, 11) is 0. The molecule has 0 aliphatic heterocycles. The number of nitrogens with zero attached hydrogens (tertiary/aromatic N) is 1. The second-order valence-electron chi connectivity index (χ2n) is 3.31. The summed E-state index contributed by atoms with van der Waals surface area (Å²) in [6.07, 6.45) is 0. The van der Waals surface area contributed by atoms with Crippen molar-refractivity contribution >= 4 is 16.7 Å². The summed E-state index contributed by atoms with van der Waals surface area (Å²) in [6.45, 7) is 2.39. The molecule has 2 heteroatoms. The molecule has 0 unspecified atom stereocenters. The highest BCUT2D eigenvalue weighted by Crippen LogP contribution is 2.18. The van der Waals surface area contributed by atoms with Gasteiger partial charge in [-0.3, -0.25) is 4.79 Å². The maximum atomic E-state index is 11.7. The molecule has 2 aromatic carbocycles. The highest BCUT2D eigenvalue weighted by atomic mass is 16.1. The monoisotopic (exact) mass is 198 g/mol. The number of amides is 1. The molecule has 0 aromatic heterocycles. The molecule has 2 rings (SSSR count). The minimum Gasteiger partial charge on any atom is -0.267 e. The second kappa shape index (κ2) is 4.13. The molecule has 0 saturated carbocycles. The minimum absolute atomic E-state index is 0.130. The maximum Gasteiger partial charge on any atom is 0.273 e. The summed E-state index contributed by atoms with van der Waals surface area (Å²) in [4.78, 5) is 11.7. The molecule has 0 atom stereocenters. The van der Waals surface area contributed by atoms with Gasteiger partial charge < -0.3 is 0 Å². The number of carbonyl (C=O) groups is 1. The lowest BCUT2D eigenvalue weighted by Gasteiger charge is -2.04. The van der Waals surface area contributed by atoms with E-state index in [2.05, 4.69) is 5.32 Å². The van der Waals surface area contributed by atoms with Gasteiger partial charge in [0, 0.05) is 12.1 Å². The number of hydrogen-bond acceptors (Lipinski definition) is 1.